The van der Waals surface area contributed by atoms with Gasteiger partial charge in [0.2, 0.25) is 0 Å². The lowest BCUT2D eigenvalue weighted by Crippen LogP contribution is -2.20. The molecule has 21 heavy (non-hydrogen) atoms. The lowest BCUT2D eigenvalue weighted by molar-refractivity contribution is 0.275. The van der Waals surface area contributed by atoms with Gasteiger partial charge >= 0.3 is 0 Å². The fraction of sp³-hybridized carbons (Fsp3) is 0.700. The van der Waals surface area contributed by atoms with Crippen LogP contribution < -0.4 is 5.32 Å². The Morgan fingerprint density at radius 1 is 1.00 bits per heavy atom. The van der Waals surface area contributed by atoms with Crippen molar-refractivity contribution in [1.82, 2.24) is 5.32 Å². The van der Waals surface area contributed by atoms with Gasteiger partial charge in [-0.05, 0) is 41.3 Å². The van der Waals surface area contributed by atoms with Crippen LogP contribution in [0.15, 0.2) is 24.3 Å². The van der Waals surface area contributed by atoms with Crippen LogP contribution in [0.25, 0.3) is 0 Å². The topological polar surface area (TPSA) is 12.0 Å². The number of hydrogen-bond acceptors (Lipinski definition) is 1. The molecule has 0 aliphatic heterocycles. The van der Waals surface area contributed by atoms with Crippen LogP contribution in [0.3, 0.4) is 0 Å². The second kappa shape index (κ2) is 7.45. The van der Waals surface area contributed by atoms with Crippen molar-refractivity contribution in [3.63, 3.8) is 0 Å². The first kappa shape index (κ1) is 16.5. The Labute approximate surface area is 131 Å². The van der Waals surface area contributed by atoms with E-state index < -0.39 is 0 Å². The van der Waals surface area contributed by atoms with Gasteiger partial charge in [-0.15, -0.1) is 0 Å². The van der Waals surface area contributed by atoms with Gasteiger partial charge in [-0.25, -0.2) is 0 Å². The number of rotatable bonds is 5. The van der Waals surface area contributed by atoms with Crippen molar-refractivity contribution in [3.05, 3.63) is 35.4 Å². The molecule has 0 saturated heterocycles. The summed E-state index contributed by atoms with van der Waals surface area (Å²) in [5.74, 6) is 1.94. The van der Waals surface area contributed by atoms with E-state index in [1.54, 1.807) is 0 Å². The lowest BCUT2D eigenvalue weighted by atomic mass is 9.81. The number of hydrogen-bond donors (Lipinski definition) is 1. The molecule has 0 unspecified atom stereocenters. The van der Waals surface area contributed by atoms with Gasteiger partial charge in [-0.3, -0.25) is 0 Å². The molecule has 1 heteroatoms. The minimum atomic E-state index is 0.254. The molecule has 1 aromatic rings. The Kier molecular flexibility index (Phi) is 5.87. The summed E-state index contributed by atoms with van der Waals surface area (Å²) in [4.78, 5) is 0. The maximum atomic E-state index is 3.62. The van der Waals surface area contributed by atoms with Crippen molar-refractivity contribution in [1.29, 1.82) is 0 Å². The van der Waals surface area contributed by atoms with E-state index in [1.807, 2.05) is 0 Å². The van der Waals surface area contributed by atoms with Gasteiger partial charge in [0.1, 0.15) is 0 Å². The summed E-state index contributed by atoms with van der Waals surface area (Å²) in [5, 5.41) is 3.62. The van der Waals surface area contributed by atoms with Crippen molar-refractivity contribution in [2.75, 3.05) is 6.54 Å². The Hall–Kier alpha value is -0.820. The Bertz CT molecular complexity index is 404. The second-order valence-electron chi connectivity index (χ2n) is 8.04. The molecule has 0 radical (unpaired) electrons. The summed E-state index contributed by atoms with van der Waals surface area (Å²) >= 11 is 0. The zero-order chi connectivity index (χ0) is 15.3. The summed E-state index contributed by atoms with van der Waals surface area (Å²) in [6.45, 7) is 11.4. The largest absolute Gasteiger partial charge is 0.313 e. The molecule has 1 aromatic carbocycles. The van der Waals surface area contributed by atoms with E-state index >= 15 is 0 Å². The van der Waals surface area contributed by atoms with Crippen molar-refractivity contribution >= 4 is 0 Å². The molecule has 0 bridgehead atoms. The highest BCUT2D eigenvalue weighted by Gasteiger charge is 2.17. The first-order valence-electron chi connectivity index (χ1n) is 8.75. The molecule has 0 heterocycles. The van der Waals surface area contributed by atoms with E-state index in [0.717, 1.165) is 18.4 Å². The molecule has 1 aliphatic carbocycles. The third-order valence-corrected chi connectivity index (χ3v) is 5.01. The van der Waals surface area contributed by atoms with Crippen molar-refractivity contribution in [2.45, 2.75) is 71.8 Å². The molecule has 0 atom stereocenters. The van der Waals surface area contributed by atoms with Crippen molar-refractivity contribution < 1.29 is 0 Å². The highest BCUT2D eigenvalue weighted by Crippen LogP contribution is 2.30. The van der Waals surface area contributed by atoms with Crippen LogP contribution in [-0.4, -0.2) is 6.54 Å². The lowest BCUT2D eigenvalue weighted by Gasteiger charge is -2.26. The molecule has 1 fully saturated rings. The number of nitrogens with one attached hydrogen (secondary N) is 1. The molecule has 1 saturated carbocycles. The highest BCUT2D eigenvalue weighted by atomic mass is 14.8. The standard InChI is InChI=1S/C20H33N/c1-16-5-7-17(8-6-16)13-14-21-15-18-9-11-19(12-10-18)20(2,3)4/h9-12,16-17,21H,5-8,13-15H2,1-4H3. The molecular weight excluding hydrogens is 254 g/mol. The average molecular weight is 287 g/mol. The van der Waals surface area contributed by atoms with Crippen LogP contribution in [0.1, 0.15) is 70.9 Å². The molecule has 2 rings (SSSR count). The van der Waals surface area contributed by atoms with Gasteiger partial charge in [0.05, 0.1) is 0 Å². The van der Waals surface area contributed by atoms with Crippen LogP contribution in [0.5, 0.6) is 0 Å². The van der Waals surface area contributed by atoms with Crippen molar-refractivity contribution in [3.8, 4) is 0 Å². The highest BCUT2D eigenvalue weighted by molar-refractivity contribution is 5.27. The average Bonchev–Trinajstić information content (AvgIpc) is 2.45. The zero-order valence-corrected chi connectivity index (χ0v) is 14.4. The Balaban J connectivity index is 1.67. The van der Waals surface area contributed by atoms with Crippen LogP contribution in [0, 0.1) is 11.8 Å². The van der Waals surface area contributed by atoms with Gasteiger partial charge in [0.15, 0.2) is 0 Å². The van der Waals surface area contributed by atoms with Crippen LogP contribution in [0.2, 0.25) is 0 Å². The summed E-state index contributed by atoms with van der Waals surface area (Å²) in [6, 6.07) is 9.10. The van der Waals surface area contributed by atoms with Crippen LogP contribution in [-0.2, 0) is 12.0 Å². The third kappa shape index (κ3) is 5.47. The predicted molar refractivity (Wildman–Crippen MR) is 92.6 cm³/mol. The molecule has 1 nitrogen and oxygen atoms in total. The fourth-order valence-electron chi connectivity index (χ4n) is 3.28. The summed E-state index contributed by atoms with van der Waals surface area (Å²) < 4.78 is 0. The van der Waals surface area contributed by atoms with E-state index in [-0.39, 0.29) is 5.41 Å². The van der Waals surface area contributed by atoms with Gasteiger partial charge in [-0.2, -0.15) is 0 Å². The molecule has 0 aromatic heterocycles. The third-order valence-electron chi connectivity index (χ3n) is 5.01. The van der Waals surface area contributed by atoms with Gasteiger partial charge in [-0.1, -0.05) is 77.6 Å². The molecule has 118 valence electrons. The van der Waals surface area contributed by atoms with E-state index in [0.29, 0.717) is 0 Å². The first-order chi connectivity index (χ1) is 9.95. The molecule has 1 N–H and O–H groups in total. The summed E-state index contributed by atoms with van der Waals surface area (Å²) in [6.07, 6.45) is 7.14. The Morgan fingerprint density at radius 2 is 1.62 bits per heavy atom. The van der Waals surface area contributed by atoms with E-state index in [1.165, 1.54) is 49.8 Å². The quantitative estimate of drug-likeness (QED) is 0.726. The smallest absolute Gasteiger partial charge is 0.0205 e. The maximum absolute atomic E-state index is 3.62. The van der Waals surface area contributed by atoms with E-state index in [9.17, 15) is 0 Å². The summed E-state index contributed by atoms with van der Waals surface area (Å²) in [7, 11) is 0. The second-order valence-corrected chi connectivity index (χ2v) is 8.04. The number of benzene rings is 1. The van der Waals surface area contributed by atoms with Gasteiger partial charge < -0.3 is 5.32 Å². The SMILES string of the molecule is CC1CCC(CCNCc2ccc(C(C)(C)C)cc2)CC1. The predicted octanol–water partition coefficient (Wildman–Crippen LogP) is 5.29. The first-order valence-corrected chi connectivity index (χ1v) is 8.75. The molecule has 1 aliphatic rings. The van der Waals surface area contributed by atoms with E-state index in [2.05, 4.69) is 57.3 Å². The monoisotopic (exact) mass is 287 g/mol. The van der Waals surface area contributed by atoms with Gasteiger partial charge in [0.25, 0.3) is 0 Å². The minimum absolute atomic E-state index is 0.254. The summed E-state index contributed by atoms with van der Waals surface area (Å²) in [5.41, 5.74) is 3.08. The maximum Gasteiger partial charge on any atom is 0.0205 e. The van der Waals surface area contributed by atoms with Crippen LogP contribution in [0.4, 0.5) is 0 Å². The minimum Gasteiger partial charge on any atom is -0.313 e. The van der Waals surface area contributed by atoms with E-state index in [4.69, 9.17) is 0 Å². The molecule has 0 spiro atoms. The zero-order valence-electron chi connectivity index (χ0n) is 14.4. The molecule has 0 amide bonds. The Morgan fingerprint density at radius 3 is 2.19 bits per heavy atom. The van der Waals surface area contributed by atoms with Crippen LogP contribution >= 0.6 is 0 Å². The molecular formula is C20H33N. The van der Waals surface area contributed by atoms with Crippen molar-refractivity contribution in [2.24, 2.45) is 11.8 Å². The van der Waals surface area contributed by atoms with Gasteiger partial charge in [0, 0.05) is 6.54 Å². The fourth-order valence-corrected chi connectivity index (χ4v) is 3.28. The normalized spacial score (nSPS) is 23.2.